The van der Waals surface area contributed by atoms with E-state index in [1.807, 2.05) is 18.5 Å². The zero-order chi connectivity index (χ0) is 16.6. The Kier molecular flexibility index (Phi) is 6.99. The number of morpholine rings is 1. The van der Waals surface area contributed by atoms with E-state index in [0.29, 0.717) is 6.04 Å². The van der Waals surface area contributed by atoms with Gasteiger partial charge in [0.25, 0.3) is 0 Å². The normalized spacial score (nSPS) is 23.0. The summed E-state index contributed by atoms with van der Waals surface area (Å²) in [6.45, 7) is 7.09. The van der Waals surface area contributed by atoms with E-state index in [9.17, 15) is 0 Å². The van der Waals surface area contributed by atoms with E-state index in [1.165, 1.54) is 38.5 Å². The quantitative estimate of drug-likeness (QED) is 0.832. The molecule has 5 nitrogen and oxygen atoms in total. The maximum Gasteiger partial charge on any atom is 0.145 e. The van der Waals surface area contributed by atoms with Crippen molar-refractivity contribution in [1.82, 2.24) is 20.2 Å². The Morgan fingerprint density at radius 2 is 1.88 bits per heavy atom. The summed E-state index contributed by atoms with van der Waals surface area (Å²) in [5.74, 6) is 1.77. The number of hydrogen-bond acceptors (Lipinski definition) is 5. The van der Waals surface area contributed by atoms with E-state index in [-0.39, 0.29) is 6.04 Å². The van der Waals surface area contributed by atoms with Gasteiger partial charge in [-0.1, -0.05) is 32.1 Å². The zero-order valence-electron chi connectivity index (χ0n) is 15.0. The average molecular weight is 332 g/mol. The average Bonchev–Trinajstić information content (AvgIpc) is 2.67. The van der Waals surface area contributed by atoms with Crippen molar-refractivity contribution in [3.63, 3.8) is 0 Å². The third kappa shape index (κ3) is 5.23. The largest absolute Gasteiger partial charge is 0.379 e. The molecule has 2 atom stereocenters. The lowest BCUT2D eigenvalue weighted by Gasteiger charge is -2.34. The summed E-state index contributed by atoms with van der Waals surface area (Å²) >= 11 is 0. The van der Waals surface area contributed by atoms with Crippen molar-refractivity contribution < 1.29 is 4.74 Å². The molecule has 0 spiro atoms. The molecule has 0 radical (unpaired) electrons. The molecule has 1 N–H and O–H groups in total. The van der Waals surface area contributed by atoms with E-state index in [0.717, 1.165) is 44.6 Å². The van der Waals surface area contributed by atoms with Crippen molar-refractivity contribution >= 4 is 0 Å². The van der Waals surface area contributed by atoms with Gasteiger partial charge < -0.3 is 10.1 Å². The van der Waals surface area contributed by atoms with Gasteiger partial charge in [-0.25, -0.2) is 9.97 Å². The molecule has 2 aliphatic rings. The van der Waals surface area contributed by atoms with E-state index in [4.69, 9.17) is 4.74 Å². The lowest BCUT2D eigenvalue weighted by Crippen LogP contribution is -2.47. The molecule has 0 unspecified atom stereocenters. The third-order valence-electron chi connectivity index (χ3n) is 5.52. The van der Waals surface area contributed by atoms with Crippen LogP contribution < -0.4 is 5.32 Å². The van der Waals surface area contributed by atoms with Crippen LogP contribution in [0.25, 0.3) is 0 Å². The highest BCUT2D eigenvalue weighted by Crippen LogP contribution is 2.30. The standard InChI is InChI=1S/C19H32N4O/c1-16(23-10-12-24-13-11-23)15-22-18(19-20-8-5-9-21-19)14-17-6-3-2-4-7-17/h5,8-9,16-18,22H,2-4,6-7,10-15H2,1H3/t16-,18+/m0/s1. The minimum atomic E-state index is 0.276. The number of rotatable bonds is 7. The van der Waals surface area contributed by atoms with Gasteiger partial charge in [0, 0.05) is 38.1 Å². The van der Waals surface area contributed by atoms with Crippen LogP contribution in [0.15, 0.2) is 18.5 Å². The Labute approximate surface area is 146 Å². The molecular weight excluding hydrogens is 300 g/mol. The van der Waals surface area contributed by atoms with Crippen LogP contribution in [0.1, 0.15) is 57.3 Å². The monoisotopic (exact) mass is 332 g/mol. The van der Waals surface area contributed by atoms with Gasteiger partial charge in [0.1, 0.15) is 5.82 Å². The second-order valence-corrected chi connectivity index (χ2v) is 7.30. The van der Waals surface area contributed by atoms with Crippen molar-refractivity contribution in [3.05, 3.63) is 24.3 Å². The van der Waals surface area contributed by atoms with Crippen molar-refractivity contribution in [2.75, 3.05) is 32.8 Å². The molecule has 0 bridgehead atoms. The second kappa shape index (κ2) is 9.44. The molecule has 0 aromatic carbocycles. The minimum absolute atomic E-state index is 0.276. The molecule has 24 heavy (non-hydrogen) atoms. The Bertz CT molecular complexity index is 458. The van der Waals surface area contributed by atoms with Gasteiger partial charge in [0.05, 0.1) is 19.3 Å². The maximum absolute atomic E-state index is 5.46. The molecule has 1 aliphatic heterocycles. The second-order valence-electron chi connectivity index (χ2n) is 7.30. The summed E-state index contributed by atoms with van der Waals surface area (Å²) in [5.41, 5.74) is 0. The molecule has 2 fully saturated rings. The fourth-order valence-electron chi connectivity index (χ4n) is 3.99. The molecule has 1 aliphatic carbocycles. The first kappa shape index (κ1) is 17.8. The van der Waals surface area contributed by atoms with Gasteiger partial charge in [-0.3, -0.25) is 4.90 Å². The first-order chi connectivity index (χ1) is 11.8. The fraction of sp³-hybridized carbons (Fsp3) is 0.789. The van der Waals surface area contributed by atoms with Crippen molar-refractivity contribution in [1.29, 1.82) is 0 Å². The molecule has 1 saturated heterocycles. The molecule has 1 aromatic heterocycles. The van der Waals surface area contributed by atoms with Crippen LogP contribution in [-0.4, -0.2) is 53.8 Å². The lowest BCUT2D eigenvalue weighted by atomic mass is 9.84. The molecule has 3 rings (SSSR count). The van der Waals surface area contributed by atoms with Crippen molar-refractivity contribution in [2.45, 2.75) is 57.5 Å². The van der Waals surface area contributed by atoms with Gasteiger partial charge in [-0.2, -0.15) is 0 Å². The molecular formula is C19H32N4O. The molecule has 0 amide bonds. The molecule has 2 heterocycles. The summed E-state index contributed by atoms with van der Waals surface area (Å²) in [6, 6.07) is 2.70. The number of ether oxygens (including phenoxy) is 1. The summed E-state index contributed by atoms with van der Waals surface area (Å²) in [6.07, 6.45) is 11.8. The van der Waals surface area contributed by atoms with Gasteiger partial charge in [0.15, 0.2) is 0 Å². The predicted molar refractivity (Wildman–Crippen MR) is 95.8 cm³/mol. The Balaban J connectivity index is 1.56. The molecule has 1 aromatic rings. The topological polar surface area (TPSA) is 50.3 Å². The van der Waals surface area contributed by atoms with E-state index >= 15 is 0 Å². The summed E-state index contributed by atoms with van der Waals surface area (Å²) in [7, 11) is 0. The van der Waals surface area contributed by atoms with Crippen LogP contribution in [0.5, 0.6) is 0 Å². The van der Waals surface area contributed by atoms with Crippen LogP contribution >= 0.6 is 0 Å². The van der Waals surface area contributed by atoms with Crippen molar-refractivity contribution in [3.8, 4) is 0 Å². The SMILES string of the molecule is C[C@@H](CN[C@H](CC1CCCCC1)c1ncccn1)N1CCOCC1. The summed E-state index contributed by atoms with van der Waals surface area (Å²) in [4.78, 5) is 11.6. The third-order valence-corrected chi connectivity index (χ3v) is 5.52. The van der Waals surface area contributed by atoms with Crippen LogP contribution in [0.3, 0.4) is 0 Å². The van der Waals surface area contributed by atoms with Crippen LogP contribution in [0, 0.1) is 5.92 Å². The van der Waals surface area contributed by atoms with Gasteiger partial charge >= 0.3 is 0 Å². The summed E-state index contributed by atoms with van der Waals surface area (Å²) in [5, 5.41) is 3.77. The fourth-order valence-corrected chi connectivity index (χ4v) is 3.99. The Morgan fingerprint density at radius 3 is 2.58 bits per heavy atom. The minimum Gasteiger partial charge on any atom is -0.379 e. The molecule has 5 heteroatoms. The molecule has 134 valence electrons. The zero-order valence-corrected chi connectivity index (χ0v) is 15.0. The number of nitrogens with one attached hydrogen (secondary N) is 1. The highest BCUT2D eigenvalue weighted by Gasteiger charge is 2.23. The predicted octanol–water partition coefficient (Wildman–Crippen LogP) is 2.80. The maximum atomic E-state index is 5.46. The lowest BCUT2D eigenvalue weighted by molar-refractivity contribution is 0.0196. The number of hydrogen-bond donors (Lipinski definition) is 1. The van der Waals surface area contributed by atoms with E-state index in [1.54, 1.807) is 0 Å². The van der Waals surface area contributed by atoms with Gasteiger partial charge in [0.2, 0.25) is 0 Å². The Hall–Kier alpha value is -1.04. The first-order valence-electron chi connectivity index (χ1n) is 9.65. The first-order valence-corrected chi connectivity index (χ1v) is 9.65. The van der Waals surface area contributed by atoms with E-state index < -0.39 is 0 Å². The van der Waals surface area contributed by atoms with Crippen LogP contribution in [0.4, 0.5) is 0 Å². The highest BCUT2D eigenvalue weighted by molar-refractivity contribution is 4.97. The Morgan fingerprint density at radius 1 is 1.17 bits per heavy atom. The van der Waals surface area contributed by atoms with E-state index in [2.05, 4.69) is 27.1 Å². The van der Waals surface area contributed by atoms with Gasteiger partial charge in [-0.15, -0.1) is 0 Å². The summed E-state index contributed by atoms with van der Waals surface area (Å²) < 4.78 is 5.46. The van der Waals surface area contributed by atoms with Crippen LogP contribution in [-0.2, 0) is 4.74 Å². The smallest absolute Gasteiger partial charge is 0.145 e. The van der Waals surface area contributed by atoms with Crippen LogP contribution in [0.2, 0.25) is 0 Å². The molecule has 1 saturated carbocycles. The van der Waals surface area contributed by atoms with Gasteiger partial charge in [-0.05, 0) is 25.3 Å². The van der Waals surface area contributed by atoms with Crippen molar-refractivity contribution in [2.24, 2.45) is 5.92 Å². The highest BCUT2D eigenvalue weighted by atomic mass is 16.5. The number of nitrogens with zero attached hydrogens (tertiary/aromatic N) is 3. The number of aromatic nitrogens is 2.